The van der Waals surface area contributed by atoms with Gasteiger partial charge in [-0.3, -0.25) is 9.25 Å². The van der Waals surface area contributed by atoms with E-state index in [0.717, 1.165) is 27.4 Å². The van der Waals surface area contributed by atoms with Gasteiger partial charge in [0, 0.05) is 12.1 Å². The fourth-order valence-electron chi connectivity index (χ4n) is 2.58. The highest BCUT2D eigenvalue weighted by Crippen LogP contribution is 2.28. The van der Waals surface area contributed by atoms with Gasteiger partial charge in [0.2, 0.25) is 5.95 Å². The number of imidazole rings is 1. The molecular formula is C14H16ClN5. The van der Waals surface area contributed by atoms with Gasteiger partial charge in [0.15, 0.2) is 5.65 Å². The lowest BCUT2D eigenvalue weighted by molar-refractivity contribution is 0.636. The van der Waals surface area contributed by atoms with Gasteiger partial charge < -0.3 is 5.73 Å². The lowest BCUT2D eigenvalue weighted by Gasteiger charge is -2.16. The van der Waals surface area contributed by atoms with Crippen LogP contribution in [0.3, 0.4) is 0 Å². The zero-order valence-corrected chi connectivity index (χ0v) is 12.4. The van der Waals surface area contributed by atoms with Crippen molar-refractivity contribution in [2.75, 3.05) is 5.73 Å². The lowest BCUT2D eigenvalue weighted by Crippen LogP contribution is -2.12. The number of nitrogen functional groups attached to an aromatic ring is 1. The second-order valence-electron chi connectivity index (χ2n) is 4.95. The van der Waals surface area contributed by atoms with E-state index in [2.05, 4.69) is 17.0 Å². The van der Waals surface area contributed by atoms with E-state index in [1.165, 1.54) is 0 Å². The normalized spacial score (nSPS) is 13.0. The van der Waals surface area contributed by atoms with Gasteiger partial charge in [-0.15, -0.1) is 0 Å². The SMILES string of the molecule is Cc1nn(C)c2c1nc(N)n2C(C)c1ccc(Cl)cc1. The highest BCUT2D eigenvalue weighted by atomic mass is 35.5. The molecule has 6 heteroatoms. The Morgan fingerprint density at radius 3 is 2.55 bits per heavy atom. The van der Waals surface area contributed by atoms with Gasteiger partial charge in [0.25, 0.3) is 0 Å². The number of aromatic nitrogens is 4. The zero-order chi connectivity index (χ0) is 14.4. The smallest absolute Gasteiger partial charge is 0.203 e. The van der Waals surface area contributed by atoms with Crippen LogP contribution in [-0.2, 0) is 7.05 Å². The average Bonchev–Trinajstić information content (AvgIpc) is 2.88. The maximum absolute atomic E-state index is 6.09. The summed E-state index contributed by atoms with van der Waals surface area (Å²) in [6, 6.07) is 7.83. The Labute approximate surface area is 122 Å². The summed E-state index contributed by atoms with van der Waals surface area (Å²) < 4.78 is 3.82. The number of rotatable bonds is 2. The number of benzene rings is 1. The molecule has 0 radical (unpaired) electrons. The summed E-state index contributed by atoms with van der Waals surface area (Å²) in [4.78, 5) is 4.43. The number of aryl methyl sites for hydroxylation is 2. The fourth-order valence-corrected chi connectivity index (χ4v) is 2.71. The molecule has 0 spiro atoms. The Hall–Kier alpha value is -2.01. The van der Waals surface area contributed by atoms with E-state index >= 15 is 0 Å². The van der Waals surface area contributed by atoms with E-state index in [1.807, 2.05) is 47.5 Å². The molecule has 0 saturated carbocycles. The van der Waals surface area contributed by atoms with Crippen LogP contribution in [0, 0.1) is 6.92 Å². The van der Waals surface area contributed by atoms with Crippen molar-refractivity contribution in [3.63, 3.8) is 0 Å². The number of anilines is 1. The second kappa shape index (κ2) is 4.52. The molecule has 0 amide bonds. The summed E-state index contributed by atoms with van der Waals surface area (Å²) in [6.45, 7) is 4.02. The molecule has 5 nitrogen and oxygen atoms in total. The van der Waals surface area contributed by atoms with E-state index in [1.54, 1.807) is 0 Å². The van der Waals surface area contributed by atoms with Crippen LogP contribution < -0.4 is 5.73 Å². The molecule has 20 heavy (non-hydrogen) atoms. The number of nitrogens with zero attached hydrogens (tertiary/aromatic N) is 4. The topological polar surface area (TPSA) is 61.7 Å². The fraction of sp³-hybridized carbons (Fsp3) is 0.286. The standard InChI is InChI=1S/C14H16ClN5/c1-8-12-13(19(3)18-8)20(14(16)17-12)9(2)10-4-6-11(15)7-5-10/h4-7,9H,1-3H3,(H2,16,17). The number of hydrogen-bond donors (Lipinski definition) is 1. The van der Waals surface area contributed by atoms with Crippen LogP contribution in [0.15, 0.2) is 24.3 Å². The first-order valence-corrected chi connectivity index (χ1v) is 6.79. The number of nitrogens with two attached hydrogens (primary N) is 1. The summed E-state index contributed by atoms with van der Waals surface area (Å²) >= 11 is 5.94. The second-order valence-corrected chi connectivity index (χ2v) is 5.39. The molecule has 0 aliphatic heterocycles. The molecule has 0 fully saturated rings. The molecule has 1 aromatic carbocycles. The van der Waals surface area contributed by atoms with Crippen molar-refractivity contribution >= 4 is 28.7 Å². The van der Waals surface area contributed by atoms with Crippen molar-refractivity contribution in [2.24, 2.45) is 7.05 Å². The van der Waals surface area contributed by atoms with Gasteiger partial charge in [-0.05, 0) is 31.5 Å². The first-order chi connectivity index (χ1) is 9.49. The molecule has 0 saturated heterocycles. The largest absolute Gasteiger partial charge is 0.369 e. The molecule has 0 aliphatic rings. The van der Waals surface area contributed by atoms with Crippen molar-refractivity contribution in [3.05, 3.63) is 40.5 Å². The minimum Gasteiger partial charge on any atom is -0.369 e. The molecule has 1 unspecified atom stereocenters. The third kappa shape index (κ3) is 1.86. The predicted molar refractivity (Wildman–Crippen MR) is 80.9 cm³/mol. The van der Waals surface area contributed by atoms with E-state index in [4.69, 9.17) is 17.3 Å². The third-order valence-electron chi connectivity index (χ3n) is 3.60. The minimum absolute atomic E-state index is 0.0621. The molecule has 2 heterocycles. The third-order valence-corrected chi connectivity index (χ3v) is 3.85. The van der Waals surface area contributed by atoms with Gasteiger partial charge in [-0.25, -0.2) is 4.98 Å². The number of fused-ring (bicyclic) bond motifs is 1. The van der Waals surface area contributed by atoms with Crippen LogP contribution in [0.4, 0.5) is 5.95 Å². The lowest BCUT2D eigenvalue weighted by atomic mass is 10.1. The monoisotopic (exact) mass is 289 g/mol. The van der Waals surface area contributed by atoms with E-state index < -0.39 is 0 Å². The Morgan fingerprint density at radius 2 is 1.90 bits per heavy atom. The van der Waals surface area contributed by atoms with Crippen LogP contribution in [0.5, 0.6) is 0 Å². The highest BCUT2D eigenvalue weighted by molar-refractivity contribution is 6.30. The first-order valence-electron chi connectivity index (χ1n) is 6.41. The Morgan fingerprint density at radius 1 is 1.25 bits per heavy atom. The Kier molecular flexibility index (Phi) is 2.94. The Balaban J connectivity index is 2.18. The maximum Gasteiger partial charge on any atom is 0.203 e. The highest BCUT2D eigenvalue weighted by Gasteiger charge is 2.20. The molecule has 1 atom stereocenters. The molecule has 104 valence electrons. The van der Waals surface area contributed by atoms with Gasteiger partial charge in [-0.2, -0.15) is 5.10 Å². The van der Waals surface area contributed by atoms with E-state index in [0.29, 0.717) is 5.95 Å². The van der Waals surface area contributed by atoms with E-state index in [-0.39, 0.29) is 6.04 Å². The average molecular weight is 290 g/mol. The molecule has 2 N–H and O–H groups in total. The van der Waals surface area contributed by atoms with Crippen LogP contribution in [0.25, 0.3) is 11.2 Å². The summed E-state index contributed by atoms with van der Waals surface area (Å²) in [5.74, 6) is 0.499. The zero-order valence-electron chi connectivity index (χ0n) is 11.6. The van der Waals surface area contributed by atoms with Crippen LogP contribution in [0.2, 0.25) is 5.02 Å². The van der Waals surface area contributed by atoms with Crippen LogP contribution in [-0.4, -0.2) is 19.3 Å². The summed E-state index contributed by atoms with van der Waals surface area (Å²) in [5.41, 5.74) is 9.88. The summed E-state index contributed by atoms with van der Waals surface area (Å²) in [6.07, 6.45) is 0. The van der Waals surface area contributed by atoms with Crippen molar-refractivity contribution in [3.8, 4) is 0 Å². The van der Waals surface area contributed by atoms with Crippen molar-refractivity contribution in [1.29, 1.82) is 0 Å². The molecule has 2 aromatic heterocycles. The van der Waals surface area contributed by atoms with E-state index in [9.17, 15) is 0 Å². The quantitative estimate of drug-likeness (QED) is 0.789. The number of hydrogen-bond acceptors (Lipinski definition) is 3. The van der Waals surface area contributed by atoms with Gasteiger partial charge >= 0.3 is 0 Å². The van der Waals surface area contributed by atoms with Crippen LogP contribution >= 0.6 is 11.6 Å². The first kappa shape index (κ1) is 13.0. The van der Waals surface area contributed by atoms with Crippen molar-refractivity contribution in [1.82, 2.24) is 19.3 Å². The van der Waals surface area contributed by atoms with Crippen molar-refractivity contribution in [2.45, 2.75) is 19.9 Å². The number of halogens is 1. The summed E-state index contributed by atoms with van der Waals surface area (Å²) in [5, 5.41) is 5.12. The molecule has 3 rings (SSSR count). The van der Waals surface area contributed by atoms with Gasteiger partial charge in [0.05, 0.1) is 11.7 Å². The molecule has 0 aliphatic carbocycles. The Bertz CT molecular complexity index is 769. The maximum atomic E-state index is 6.09. The minimum atomic E-state index is 0.0621. The van der Waals surface area contributed by atoms with Crippen LogP contribution in [0.1, 0.15) is 24.2 Å². The molecule has 0 bridgehead atoms. The predicted octanol–water partition coefficient (Wildman–Crippen LogP) is 2.92. The van der Waals surface area contributed by atoms with Gasteiger partial charge in [-0.1, -0.05) is 23.7 Å². The molecular weight excluding hydrogens is 274 g/mol. The molecule has 3 aromatic rings. The summed E-state index contributed by atoms with van der Waals surface area (Å²) in [7, 11) is 1.90. The van der Waals surface area contributed by atoms with Gasteiger partial charge in [0.1, 0.15) is 5.52 Å². The van der Waals surface area contributed by atoms with Crippen molar-refractivity contribution < 1.29 is 0 Å².